The molecule has 0 bridgehead atoms. The number of aryl methyl sites for hydroxylation is 1. The second-order valence-corrected chi connectivity index (χ2v) is 12.5. The van der Waals surface area contributed by atoms with Gasteiger partial charge in [0, 0.05) is 30.2 Å². The molecule has 3 aromatic carbocycles. The molecule has 0 aliphatic heterocycles. The minimum atomic E-state index is -4.64. The van der Waals surface area contributed by atoms with E-state index in [9.17, 15) is 28.1 Å². The minimum Gasteiger partial charge on any atom is -0.495 e. The molecule has 1 N–H and O–H groups in total. The number of amides is 2. The molecule has 3 aromatic rings. The van der Waals surface area contributed by atoms with E-state index in [1.165, 1.54) is 56.3 Å². The third kappa shape index (κ3) is 7.69. The number of likely N-dealkylation sites (N-methyl/N-ethyl adjacent to an activating group) is 1. The van der Waals surface area contributed by atoms with Crippen molar-refractivity contribution in [1.29, 1.82) is 0 Å². The highest BCUT2D eigenvalue weighted by Gasteiger charge is 2.35. The molecular formula is C28H29Cl3N4O7S. The lowest BCUT2D eigenvalue weighted by Crippen LogP contribution is -2.51. The number of hydrogen-bond acceptors (Lipinski definition) is 7. The number of carbonyl (C=O) groups is 2. The average molecular weight is 672 g/mol. The van der Waals surface area contributed by atoms with Gasteiger partial charge in [-0.2, -0.15) is 0 Å². The van der Waals surface area contributed by atoms with E-state index in [1.807, 2.05) is 0 Å². The first-order valence-corrected chi connectivity index (χ1v) is 15.4. The first-order chi connectivity index (χ1) is 20.2. The van der Waals surface area contributed by atoms with Gasteiger partial charge in [-0.05, 0) is 55.3 Å². The van der Waals surface area contributed by atoms with Crippen molar-refractivity contribution in [3.05, 3.63) is 90.9 Å². The zero-order valence-electron chi connectivity index (χ0n) is 23.6. The van der Waals surface area contributed by atoms with Crippen molar-refractivity contribution in [2.45, 2.75) is 37.8 Å². The number of carbonyl (C=O) groups excluding carboxylic acids is 2. The van der Waals surface area contributed by atoms with Gasteiger partial charge >= 0.3 is 0 Å². The van der Waals surface area contributed by atoms with Gasteiger partial charge in [-0.3, -0.25) is 24.0 Å². The van der Waals surface area contributed by atoms with E-state index >= 15 is 0 Å². The lowest BCUT2D eigenvalue weighted by Gasteiger charge is -2.33. The first-order valence-electron chi connectivity index (χ1n) is 12.8. The largest absolute Gasteiger partial charge is 0.495 e. The second-order valence-electron chi connectivity index (χ2n) is 9.34. The Balaban J connectivity index is 2.20. The third-order valence-corrected chi connectivity index (χ3v) is 9.35. The highest BCUT2D eigenvalue weighted by molar-refractivity contribution is 7.92. The second kappa shape index (κ2) is 14.3. The van der Waals surface area contributed by atoms with Crippen LogP contribution in [-0.4, -0.2) is 56.8 Å². The summed E-state index contributed by atoms with van der Waals surface area (Å²) in [7, 11) is -1.91. The Kier molecular flexibility index (Phi) is 11.2. The Hall–Kier alpha value is -3.58. The molecule has 0 radical (unpaired) electrons. The van der Waals surface area contributed by atoms with Crippen LogP contribution in [0.2, 0.25) is 15.1 Å². The smallest absolute Gasteiger partial charge is 0.273 e. The number of nitro benzene ring substituents is 1. The Labute approximate surface area is 264 Å². The van der Waals surface area contributed by atoms with Gasteiger partial charge in [-0.25, -0.2) is 8.42 Å². The van der Waals surface area contributed by atoms with Crippen LogP contribution in [0, 0.1) is 17.0 Å². The van der Waals surface area contributed by atoms with E-state index in [2.05, 4.69) is 5.32 Å². The van der Waals surface area contributed by atoms with Crippen LogP contribution in [-0.2, 0) is 26.2 Å². The van der Waals surface area contributed by atoms with Crippen molar-refractivity contribution >= 4 is 68.0 Å². The molecule has 0 saturated carbocycles. The SMILES string of the molecule is CC[C@@H](C(=O)NC)N(Cc1ccc(Cl)c(Cl)c1)C(=O)CN(c1cc(Cl)ccc1OC)S(=O)(=O)c1ccc(C)c([N+](=O)[O-])c1. The molecule has 0 saturated heterocycles. The molecular weight excluding hydrogens is 643 g/mol. The Morgan fingerprint density at radius 2 is 1.74 bits per heavy atom. The van der Waals surface area contributed by atoms with Crippen molar-refractivity contribution < 1.29 is 27.7 Å². The quantitative estimate of drug-likeness (QED) is 0.195. The highest BCUT2D eigenvalue weighted by Crippen LogP contribution is 2.36. The van der Waals surface area contributed by atoms with E-state index in [0.29, 0.717) is 10.6 Å². The third-order valence-electron chi connectivity index (χ3n) is 6.62. The minimum absolute atomic E-state index is 0.0664. The lowest BCUT2D eigenvalue weighted by molar-refractivity contribution is -0.385. The zero-order chi connectivity index (χ0) is 32.1. The van der Waals surface area contributed by atoms with Crippen molar-refractivity contribution in [3.8, 4) is 5.75 Å². The summed E-state index contributed by atoms with van der Waals surface area (Å²) in [6.45, 7) is 2.25. The van der Waals surface area contributed by atoms with Crippen molar-refractivity contribution in [2.24, 2.45) is 0 Å². The van der Waals surface area contributed by atoms with Gasteiger partial charge in [0.15, 0.2) is 0 Å². The molecule has 15 heteroatoms. The van der Waals surface area contributed by atoms with E-state index in [4.69, 9.17) is 39.5 Å². The molecule has 0 spiro atoms. The molecule has 11 nitrogen and oxygen atoms in total. The molecule has 0 heterocycles. The molecule has 0 fully saturated rings. The summed E-state index contributed by atoms with van der Waals surface area (Å²) in [6, 6.07) is 11.4. The fourth-order valence-corrected chi connectivity index (χ4v) is 6.29. The summed E-state index contributed by atoms with van der Waals surface area (Å²) in [4.78, 5) is 38.7. The number of sulfonamides is 1. The fraction of sp³-hybridized carbons (Fsp3) is 0.286. The van der Waals surface area contributed by atoms with Gasteiger partial charge in [0.25, 0.3) is 15.7 Å². The topological polar surface area (TPSA) is 139 Å². The van der Waals surface area contributed by atoms with Crippen LogP contribution in [0.15, 0.2) is 59.5 Å². The number of nitro groups is 1. The maximum atomic E-state index is 14.1. The van der Waals surface area contributed by atoms with Crippen LogP contribution >= 0.6 is 34.8 Å². The summed E-state index contributed by atoms with van der Waals surface area (Å²) >= 11 is 18.5. The number of rotatable bonds is 12. The van der Waals surface area contributed by atoms with Gasteiger partial charge in [0.1, 0.15) is 18.3 Å². The Bertz CT molecular complexity index is 1650. The van der Waals surface area contributed by atoms with Crippen LogP contribution < -0.4 is 14.4 Å². The fourth-order valence-electron chi connectivity index (χ4n) is 4.37. The molecule has 0 aromatic heterocycles. The van der Waals surface area contributed by atoms with Crippen LogP contribution in [0.25, 0.3) is 0 Å². The molecule has 3 rings (SSSR count). The van der Waals surface area contributed by atoms with Crippen LogP contribution in [0.3, 0.4) is 0 Å². The molecule has 0 unspecified atom stereocenters. The molecule has 0 aliphatic rings. The monoisotopic (exact) mass is 670 g/mol. The van der Waals surface area contributed by atoms with E-state index < -0.39 is 49.9 Å². The number of nitrogens with zero attached hydrogens (tertiary/aromatic N) is 3. The van der Waals surface area contributed by atoms with Gasteiger partial charge in [-0.1, -0.05) is 53.9 Å². The summed E-state index contributed by atoms with van der Waals surface area (Å²) in [5.41, 5.74) is 0.274. The number of benzene rings is 3. The van der Waals surface area contributed by atoms with E-state index in [1.54, 1.807) is 25.1 Å². The predicted octanol–water partition coefficient (Wildman–Crippen LogP) is 5.62. The Morgan fingerprint density at radius 1 is 1.05 bits per heavy atom. The van der Waals surface area contributed by atoms with Gasteiger partial charge in [0.05, 0.1) is 32.7 Å². The van der Waals surface area contributed by atoms with Crippen molar-refractivity contribution in [1.82, 2.24) is 10.2 Å². The number of ether oxygens (including phenoxy) is 1. The number of methoxy groups -OCH3 is 1. The maximum Gasteiger partial charge on any atom is 0.273 e. The standard InChI is InChI=1S/C28H29Cl3N4O7S/c1-5-23(28(37)32-3)33(15-18-7-10-21(30)22(31)12-18)27(36)16-34(25-13-19(29)8-11-26(25)42-4)43(40,41)20-9-6-17(2)24(14-20)35(38)39/h6-14,23H,5,15-16H2,1-4H3,(H,32,37)/t23-/m0/s1. The molecule has 1 atom stereocenters. The molecule has 2 amide bonds. The van der Waals surface area contributed by atoms with Crippen molar-refractivity contribution in [2.75, 3.05) is 25.0 Å². The highest BCUT2D eigenvalue weighted by atomic mass is 35.5. The van der Waals surface area contributed by atoms with Crippen LogP contribution in [0.5, 0.6) is 5.75 Å². The van der Waals surface area contributed by atoms with Gasteiger partial charge in [-0.15, -0.1) is 0 Å². The lowest BCUT2D eigenvalue weighted by atomic mass is 10.1. The number of nitrogens with one attached hydrogen (secondary N) is 1. The number of hydrogen-bond donors (Lipinski definition) is 1. The van der Waals surface area contributed by atoms with Crippen LogP contribution in [0.1, 0.15) is 24.5 Å². The molecule has 43 heavy (non-hydrogen) atoms. The van der Waals surface area contributed by atoms with Gasteiger partial charge < -0.3 is 15.0 Å². The van der Waals surface area contributed by atoms with Gasteiger partial charge in [0.2, 0.25) is 11.8 Å². The van der Waals surface area contributed by atoms with E-state index in [0.717, 1.165) is 10.4 Å². The summed E-state index contributed by atoms with van der Waals surface area (Å²) < 4.78 is 34.4. The summed E-state index contributed by atoms with van der Waals surface area (Å²) in [5, 5.41) is 14.8. The normalized spacial score (nSPS) is 11.9. The first kappa shape index (κ1) is 33.9. The van der Waals surface area contributed by atoms with Crippen LogP contribution in [0.4, 0.5) is 11.4 Å². The van der Waals surface area contributed by atoms with E-state index in [-0.39, 0.29) is 40.0 Å². The zero-order valence-corrected chi connectivity index (χ0v) is 26.7. The average Bonchev–Trinajstić information content (AvgIpc) is 2.97. The molecule has 0 aliphatic carbocycles. The number of halogens is 3. The predicted molar refractivity (Wildman–Crippen MR) is 166 cm³/mol. The summed E-state index contributed by atoms with van der Waals surface area (Å²) in [5.74, 6) is -1.16. The number of anilines is 1. The van der Waals surface area contributed by atoms with Crippen molar-refractivity contribution in [3.63, 3.8) is 0 Å². The maximum absolute atomic E-state index is 14.1. The Morgan fingerprint density at radius 3 is 2.33 bits per heavy atom. The molecule has 230 valence electrons. The summed E-state index contributed by atoms with van der Waals surface area (Å²) in [6.07, 6.45) is 0.199.